The summed E-state index contributed by atoms with van der Waals surface area (Å²) in [6.07, 6.45) is 1.98. The van der Waals surface area contributed by atoms with Crippen LogP contribution in [0.4, 0.5) is 4.39 Å². The van der Waals surface area contributed by atoms with Gasteiger partial charge in [0, 0.05) is 18.4 Å². The molecule has 4 nitrogen and oxygen atoms in total. The van der Waals surface area contributed by atoms with E-state index in [-0.39, 0.29) is 18.1 Å². The summed E-state index contributed by atoms with van der Waals surface area (Å²) in [7, 11) is 0. The van der Waals surface area contributed by atoms with E-state index in [4.69, 9.17) is 5.11 Å². The molecule has 0 radical (unpaired) electrons. The minimum atomic E-state index is -0.875. The van der Waals surface area contributed by atoms with Gasteiger partial charge in [0.05, 0.1) is 0 Å². The van der Waals surface area contributed by atoms with Gasteiger partial charge in [-0.3, -0.25) is 9.59 Å². The lowest BCUT2D eigenvalue weighted by molar-refractivity contribution is -0.137. The number of benzene rings is 1. The van der Waals surface area contributed by atoms with E-state index in [1.165, 1.54) is 12.1 Å². The first-order valence-corrected chi connectivity index (χ1v) is 6.26. The molecule has 1 saturated heterocycles. The van der Waals surface area contributed by atoms with Gasteiger partial charge in [-0.05, 0) is 37.0 Å². The van der Waals surface area contributed by atoms with Crippen LogP contribution in [0, 0.1) is 5.82 Å². The number of carbonyl (C=O) groups is 2. The Bertz CT molecular complexity index is 486. The Hall–Kier alpha value is -1.91. The smallest absolute Gasteiger partial charge is 0.303 e. The first kappa shape index (κ1) is 13.5. The molecule has 0 spiro atoms. The number of halogens is 1. The van der Waals surface area contributed by atoms with E-state index < -0.39 is 11.5 Å². The summed E-state index contributed by atoms with van der Waals surface area (Å²) < 4.78 is 12.9. The third-order valence-electron chi connectivity index (χ3n) is 3.51. The van der Waals surface area contributed by atoms with Crippen molar-refractivity contribution in [2.24, 2.45) is 0 Å². The molecule has 1 aromatic rings. The van der Waals surface area contributed by atoms with E-state index in [0.717, 1.165) is 5.56 Å². The summed E-state index contributed by atoms with van der Waals surface area (Å²) in [5.74, 6) is -1.23. The normalized spacial score (nSPS) is 22.3. The largest absolute Gasteiger partial charge is 0.481 e. The molecular weight excluding hydrogens is 249 g/mol. The minimum Gasteiger partial charge on any atom is -0.481 e. The molecule has 0 aliphatic carbocycles. The van der Waals surface area contributed by atoms with Crippen LogP contribution in [-0.4, -0.2) is 22.5 Å². The lowest BCUT2D eigenvalue weighted by Gasteiger charge is -2.29. The van der Waals surface area contributed by atoms with Gasteiger partial charge in [-0.15, -0.1) is 0 Å². The molecule has 2 rings (SSSR count). The predicted octanol–water partition coefficient (Wildman–Crippen LogP) is 1.88. The van der Waals surface area contributed by atoms with Gasteiger partial charge in [0.25, 0.3) is 0 Å². The summed E-state index contributed by atoms with van der Waals surface area (Å²) in [4.78, 5) is 22.1. The van der Waals surface area contributed by atoms with Crippen molar-refractivity contribution < 1.29 is 19.1 Å². The fourth-order valence-corrected chi connectivity index (χ4v) is 2.52. The molecule has 0 bridgehead atoms. The highest BCUT2D eigenvalue weighted by Gasteiger charge is 2.37. The van der Waals surface area contributed by atoms with Gasteiger partial charge in [-0.1, -0.05) is 12.1 Å². The molecule has 1 atom stereocenters. The molecule has 1 aliphatic heterocycles. The van der Waals surface area contributed by atoms with Crippen LogP contribution in [0.25, 0.3) is 0 Å². The van der Waals surface area contributed by atoms with E-state index in [1.54, 1.807) is 12.1 Å². The van der Waals surface area contributed by atoms with E-state index in [2.05, 4.69) is 5.32 Å². The van der Waals surface area contributed by atoms with Crippen LogP contribution in [0.3, 0.4) is 0 Å². The van der Waals surface area contributed by atoms with Crippen molar-refractivity contribution in [3.8, 4) is 0 Å². The van der Waals surface area contributed by atoms with Crippen LogP contribution < -0.4 is 5.32 Å². The SMILES string of the molecule is O=C(O)CCC1(Cc2ccc(F)cc2)CCC(=O)N1. The molecule has 1 aromatic carbocycles. The molecule has 0 saturated carbocycles. The number of hydrogen-bond acceptors (Lipinski definition) is 2. The monoisotopic (exact) mass is 265 g/mol. The fraction of sp³-hybridized carbons (Fsp3) is 0.429. The van der Waals surface area contributed by atoms with Gasteiger partial charge < -0.3 is 10.4 Å². The summed E-state index contributed by atoms with van der Waals surface area (Å²) in [5.41, 5.74) is 0.391. The third kappa shape index (κ3) is 3.53. The second kappa shape index (κ2) is 5.38. The van der Waals surface area contributed by atoms with Crippen LogP contribution in [-0.2, 0) is 16.0 Å². The van der Waals surface area contributed by atoms with E-state index in [1.807, 2.05) is 0 Å². The maximum Gasteiger partial charge on any atom is 0.303 e. The number of rotatable bonds is 5. The summed E-state index contributed by atoms with van der Waals surface area (Å²) >= 11 is 0. The van der Waals surface area contributed by atoms with Crippen molar-refractivity contribution in [3.05, 3.63) is 35.6 Å². The topological polar surface area (TPSA) is 66.4 Å². The summed E-state index contributed by atoms with van der Waals surface area (Å²) in [5, 5.41) is 11.7. The van der Waals surface area contributed by atoms with Crippen molar-refractivity contribution in [2.45, 2.75) is 37.6 Å². The van der Waals surface area contributed by atoms with Crippen LogP contribution in [0.2, 0.25) is 0 Å². The Balaban J connectivity index is 2.11. The molecule has 1 heterocycles. The molecule has 1 fully saturated rings. The Morgan fingerprint density at radius 1 is 1.37 bits per heavy atom. The average Bonchev–Trinajstić information content (AvgIpc) is 2.72. The lowest BCUT2D eigenvalue weighted by Crippen LogP contribution is -2.44. The third-order valence-corrected chi connectivity index (χ3v) is 3.51. The Kier molecular flexibility index (Phi) is 3.83. The standard InChI is InChI=1S/C14H16FNO3/c15-11-3-1-10(2-4-11)9-14(8-6-13(18)19)7-5-12(17)16-14/h1-4H,5-9H2,(H,16,17)(H,18,19). The highest BCUT2D eigenvalue weighted by Crippen LogP contribution is 2.29. The van der Waals surface area contributed by atoms with E-state index in [9.17, 15) is 14.0 Å². The highest BCUT2D eigenvalue weighted by atomic mass is 19.1. The Morgan fingerprint density at radius 2 is 2.05 bits per heavy atom. The highest BCUT2D eigenvalue weighted by molar-refractivity contribution is 5.79. The molecule has 1 aliphatic rings. The number of amides is 1. The Labute approximate surface area is 110 Å². The van der Waals surface area contributed by atoms with Gasteiger partial charge >= 0.3 is 5.97 Å². The zero-order valence-corrected chi connectivity index (χ0v) is 10.5. The zero-order chi connectivity index (χ0) is 13.9. The lowest BCUT2D eigenvalue weighted by atomic mass is 9.85. The van der Waals surface area contributed by atoms with Crippen molar-refractivity contribution in [3.63, 3.8) is 0 Å². The summed E-state index contributed by atoms with van der Waals surface area (Å²) in [6.45, 7) is 0. The molecular formula is C14H16FNO3. The molecule has 102 valence electrons. The number of aliphatic carboxylic acids is 1. The van der Waals surface area contributed by atoms with Gasteiger partial charge in [-0.25, -0.2) is 4.39 Å². The second-order valence-corrected chi connectivity index (χ2v) is 5.03. The predicted molar refractivity (Wildman–Crippen MR) is 67.1 cm³/mol. The van der Waals surface area contributed by atoms with Gasteiger partial charge in [0.15, 0.2) is 0 Å². The van der Waals surface area contributed by atoms with Gasteiger partial charge in [-0.2, -0.15) is 0 Å². The minimum absolute atomic E-state index is 0.0154. The maximum absolute atomic E-state index is 12.9. The first-order chi connectivity index (χ1) is 8.99. The van der Waals surface area contributed by atoms with Crippen molar-refractivity contribution in [1.82, 2.24) is 5.32 Å². The molecule has 2 N–H and O–H groups in total. The van der Waals surface area contributed by atoms with Crippen molar-refractivity contribution in [1.29, 1.82) is 0 Å². The quantitative estimate of drug-likeness (QED) is 0.854. The number of carboxylic acid groups (broad SMARTS) is 1. The summed E-state index contributed by atoms with van der Waals surface area (Å²) in [6, 6.07) is 6.08. The Morgan fingerprint density at radius 3 is 2.58 bits per heavy atom. The molecule has 0 aromatic heterocycles. The van der Waals surface area contributed by atoms with Gasteiger partial charge in [0.1, 0.15) is 5.82 Å². The number of hydrogen-bond donors (Lipinski definition) is 2. The zero-order valence-electron chi connectivity index (χ0n) is 10.5. The van der Waals surface area contributed by atoms with Crippen LogP contribution >= 0.6 is 0 Å². The van der Waals surface area contributed by atoms with E-state index >= 15 is 0 Å². The van der Waals surface area contributed by atoms with Crippen molar-refractivity contribution >= 4 is 11.9 Å². The molecule has 1 amide bonds. The van der Waals surface area contributed by atoms with Crippen LogP contribution in [0.5, 0.6) is 0 Å². The first-order valence-electron chi connectivity index (χ1n) is 6.26. The molecule has 1 unspecified atom stereocenters. The van der Waals surface area contributed by atoms with Gasteiger partial charge in [0.2, 0.25) is 5.91 Å². The van der Waals surface area contributed by atoms with Crippen molar-refractivity contribution in [2.75, 3.05) is 0 Å². The van der Waals surface area contributed by atoms with Crippen LogP contribution in [0.15, 0.2) is 24.3 Å². The molecule has 19 heavy (non-hydrogen) atoms. The number of nitrogens with one attached hydrogen (secondary N) is 1. The van der Waals surface area contributed by atoms with Crippen LogP contribution in [0.1, 0.15) is 31.2 Å². The fourth-order valence-electron chi connectivity index (χ4n) is 2.52. The average molecular weight is 265 g/mol. The maximum atomic E-state index is 12.9. The second-order valence-electron chi connectivity index (χ2n) is 5.03. The number of carbonyl (C=O) groups excluding carboxylic acids is 1. The molecule has 5 heteroatoms. The number of carboxylic acids is 1. The van der Waals surface area contributed by atoms with E-state index in [0.29, 0.717) is 25.7 Å².